The lowest BCUT2D eigenvalue weighted by molar-refractivity contribution is -0.126. The van der Waals surface area contributed by atoms with Crippen molar-refractivity contribution in [2.75, 3.05) is 26.2 Å². The Morgan fingerprint density at radius 1 is 1.48 bits per heavy atom. The molecule has 1 fully saturated rings. The van der Waals surface area contributed by atoms with Crippen molar-refractivity contribution < 1.29 is 9.59 Å². The zero-order chi connectivity index (χ0) is 15.4. The van der Waals surface area contributed by atoms with Crippen LogP contribution in [0.1, 0.15) is 30.0 Å². The van der Waals surface area contributed by atoms with Gasteiger partial charge < -0.3 is 15.5 Å². The topological polar surface area (TPSA) is 79.3 Å². The standard InChI is InChI=1S/C14H23N5O2/c1-4-16-13(20)12-9-15-6-7-18(12)14(21)11-8-10(3)17-19(11)5-2/h8,12,15H,4-7,9H2,1-3H3,(H,16,20). The predicted molar refractivity (Wildman–Crippen MR) is 79.0 cm³/mol. The van der Waals surface area contributed by atoms with Crippen LogP contribution in [0, 0.1) is 6.92 Å². The van der Waals surface area contributed by atoms with Gasteiger partial charge in [-0.25, -0.2) is 0 Å². The Morgan fingerprint density at radius 3 is 2.90 bits per heavy atom. The molecule has 2 heterocycles. The lowest BCUT2D eigenvalue weighted by atomic mass is 10.1. The van der Waals surface area contributed by atoms with E-state index in [4.69, 9.17) is 0 Å². The number of nitrogens with zero attached hydrogens (tertiary/aromatic N) is 3. The summed E-state index contributed by atoms with van der Waals surface area (Å²) in [6, 6.07) is 1.31. The van der Waals surface area contributed by atoms with Crippen molar-refractivity contribution in [3.8, 4) is 0 Å². The monoisotopic (exact) mass is 293 g/mol. The minimum absolute atomic E-state index is 0.114. The second-order valence-corrected chi connectivity index (χ2v) is 5.10. The van der Waals surface area contributed by atoms with Crippen LogP contribution in [0.15, 0.2) is 6.07 Å². The molecule has 7 heteroatoms. The molecule has 0 aliphatic carbocycles. The number of amides is 2. The van der Waals surface area contributed by atoms with Gasteiger partial charge in [-0.1, -0.05) is 0 Å². The first kappa shape index (κ1) is 15.5. The number of hydrogen-bond acceptors (Lipinski definition) is 4. The molecular weight excluding hydrogens is 270 g/mol. The van der Waals surface area contributed by atoms with E-state index in [1.165, 1.54) is 0 Å². The van der Waals surface area contributed by atoms with Gasteiger partial charge in [-0.05, 0) is 26.8 Å². The number of hydrogen-bond donors (Lipinski definition) is 2. The molecule has 1 unspecified atom stereocenters. The van der Waals surface area contributed by atoms with Crippen molar-refractivity contribution in [2.24, 2.45) is 0 Å². The third-order valence-electron chi connectivity index (χ3n) is 3.58. The largest absolute Gasteiger partial charge is 0.355 e. The molecule has 116 valence electrons. The molecule has 2 amide bonds. The molecule has 1 aromatic rings. The van der Waals surface area contributed by atoms with Crippen molar-refractivity contribution >= 4 is 11.8 Å². The quantitative estimate of drug-likeness (QED) is 0.803. The number of likely N-dealkylation sites (N-methyl/N-ethyl adjacent to an activating group) is 1. The molecule has 0 radical (unpaired) electrons. The van der Waals surface area contributed by atoms with Crippen LogP contribution in [-0.4, -0.2) is 58.7 Å². The third-order valence-corrected chi connectivity index (χ3v) is 3.58. The van der Waals surface area contributed by atoms with Gasteiger partial charge in [0.15, 0.2) is 0 Å². The molecule has 21 heavy (non-hydrogen) atoms. The van der Waals surface area contributed by atoms with Gasteiger partial charge >= 0.3 is 0 Å². The van der Waals surface area contributed by atoms with Crippen LogP contribution < -0.4 is 10.6 Å². The SMILES string of the molecule is CCNC(=O)C1CNCCN1C(=O)c1cc(C)nn1CC. The maximum absolute atomic E-state index is 12.8. The van der Waals surface area contributed by atoms with E-state index in [1.807, 2.05) is 20.8 Å². The molecule has 0 saturated carbocycles. The van der Waals surface area contributed by atoms with E-state index < -0.39 is 6.04 Å². The number of piperazine rings is 1. The summed E-state index contributed by atoms with van der Waals surface area (Å²) in [6.45, 7) is 8.57. The first-order valence-electron chi connectivity index (χ1n) is 7.42. The van der Waals surface area contributed by atoms with Crippen LogP contribution >= 0.6 is 0 Å². The fraction of sp³-hybridized carbons (Fsp3) is 0.643. The summed E-state index contributed by atoms with van der Waals surface area (Å²) in [5.41, 5.74) is 1.36. The number of carbonyl (C=O) groups excluding carboxylic acids is 2. The fourth-order valence-corrected chi connectivity index (χ4v) is 2.58. The Labute approximate surface area is 124 Å². The van der Waals surface area contributed by atoms with Crippen LogP contribution in [0.4, 0.5) is 0 Å². The summed E-state index contributed by atoms with van der Waals surface area (Å²) < 4.78 is 1.69. The zero-order valence-electron chi connectivity index (χ0n) is 12.8. The lowest BCUT2D eigenvalue weighted by Crippen LogP contribution is -2.59. The van der Waals surface area contributed by atoms with E-state index in [2.05, 4.69) is 15.7 Å². The zero-order valence-corrected chi connectivity index (χ0v) is 12.8. The highest BCUT2D eigenvalue weighted by Gasteiger charge is 2.33. The number of aryl methyl sites for hydroxylation is 2. The average Bonchev–Trinajstić information content (AvgIpc) is 2.88. The third kappa shape index (κ3) is 3.24. The number of rotatable bonds is 4. The summed E-state index contributed by atoms with van der Waals surface area (Å²) in [4.78, 5) is 26.5. The summed E-state index contributed by atoms with van der Waals surface area (Å²) in [6.07, 6.45) is 0. The van der Waals surface area contributed by atoms with Crippen molar-refractivity contribution in [1.29, 1.82) is 0 Å². The lowest BCUT2D eigenvalue weighted by Gasteiger charge is -2.35. The highest BCUT2D eigenvalue weighted by Crippen LogP contribution is 2.12. The first-order chi connectivity index (χ1) is 10.1. The normalized spacial score (nSPS) is 18.6. The highest BCUT2D eigenvalue weighted by molar-refractivity contribution is 5.96. The maximum atomic E-state index is 12.8. The van der Waals surface area contributed by atoms with E-state index in [-0.39, 0.29) is 11.8 Å². The molecule has 1 aliphatic rings. The fourth-order valence-electron chi connectivity index (χ4n) is 2.58. The summed E-state index contributed by atoms with van der Waals surface area (Å²) in [5, 5.41) is 10.3. The smallest absolute Gasteiger partial charge is 0.272 e. The number of nitrogens with one attached hydrogen (secondary N) is 2. The average molecular weight is 293 g/mol. The van der Waals surface area contributed by atoms with Gasteiger partial charge in [0.1, 0.15) is 11.7 Å². The summed E-state index contributed by atoms with van der Waals surface area (Å²) >= 11 is 0. The Balaban J connectivity index is 2.24. The molecule has 1 aliphatic heterocycles. The van der Waals surface area contributed by atoms with Gasteiger partial charge in [0.25, 0.3) is 5.91 Å². The second kappa shape index (κ2) is 6.71. The van der Waals surface area contributed by atoms with Crippen molar-refractivity contribution in [2.45, 2.75) is 33.4 Å². The van der Waals surface area contributed by atoms with E-state index in [0.717, 1.165) is 5.69 Å². The molecule has 1 saturated heterocycles. The van der Waals surface area contributed by atoms with Crippen molar-refractivity contribution in [3.05, 3.63) is 17.5 Å². The minimum atomic E-state index is -0.466. The second-order valence-electron chi connectivity index (χ2n) is 5.10. The van der Waals surface area contributed by atoms with Crippen LogP contribution in [-0.2, 0) is 11.3 Å². The van der Waals surface area contributed by atoms with E-state index >= 15 is 0 Å². The molecule has 1 atom stereocenters. The van der Waals surface area contributed by atoms with Gasteiger partial charge in [-0.3, -0.25) is 14.3 Å². The van der Waals surface area contributed by atoms with Gasteiger partial charge in [0, 0.05) is 32.7 Å². The van der Waals surface area contributed by atoms with E-state index in [9.17, 15) is 9.59 Å². The molecule has 1 aromatic heterocycles. The molecule has 2 N–H and O–H groups in total. The molecule has 7 nitrogen and oxygen atoms in total. The van der Waals surface area contributed by atoms with Gasteiger partial charge in [-0.15, -0.1) is 0 Å². The Kier molecular flexibility index (Phi) is 4.95. The van der Waals surface area contributed by atoms with Crippen LogP contribution in [0.5, 0.6) is 0 Å². The highest BCUT2D eigenvalue weighted by atomic mass is 16.2. The summed E-state index contributed by atoms with van der Waals surface area (Å²) in [5.74, 6) is -0.243. The number of carbonyl (C=O) groups is 2. The van der Waals surface area contributed by atoms with Gasteiger partial charge in [0.2, 0.25) is 5.91 Å². The Morgan fingerprint density at radius 2 is 2.24 bits per heavy atom. The van der Waals surface area contributed by atoms with E-state index in [1.54, 1.807) is 15.6 Å². The van der Waals surface area contributed by atoms with Crippen molar-refractivity contribution in [3.63, 3.8) is 0 Å². The van der Waals surface area contributed by atoms with Crippen LogP contribution in [0.2, 0.25) is 0 Å². The van der Waals surface area contributed by atoms with Crippen LogP contribution in [0.3, 0.4) is 0 Å². The van der Waals surface area contributed by atoms with E-state index in [0.29, 0.717) is 38.4 Å². The van der Waals surface area contributed by atoms with Crippen LogP contribution in [0.25, 0.3) is 0 Å². The molecule has 0 spiro atoms. The molecule has 0 aromatic carbocycles. The van der Waals surface area contributed by atoms with Crippen molar-refractivity contribution in [1.82, 2.24) is 25.3 Å². The minimum Gasteiger partial charge on any atom is -0.355 e. The Hall–Kier alpha value is -1.89. The first-order valence-corrected chi connectivity index (χ1v) is 7.42. The molecule has 0 bridgehead atoms. The molecule has 2 rings (SSSR count). The molecular formula is C14H23N5O2. The number of aromatic nitrogens is 2. The maximum Gasteiger partial charge on any atom is 0.272 e. The van der Waals surface area contributed by atoms with Gasteiger partial charge in [0.05, 0.1) is 5.69 Å². The summed E-state index contributed by atoms with van der Waals surface area (Å²) in [7, 11) is 0. The predicted octanol–water partition coefficient (Wildman–Crippen LogP) is -0.238. The van der Waals surface area contributed by atoms with Gasteiger partial charge in [-0.2, -0.15) is 5.10 Å². The Bertz CT molecular complexity index is 525.